The number of amides is 1. The van der Waals surface area contributed by atoms with Gasteiger partial charge in [-0.2, -0.15) is 0 Å². The zero-order valence-corrected chi connectivity index (χ0v) is 15.0. The summed E-state index contributed by atoms with van der Waals surface area (Å²) in [5.74, 6) is 1.55. The van der Waals surface area contributed by atoms with Crippen LogP contribution < -0.4 is 5.32 Å². The van der Waals surface area contributed by atoms with Crippen molar-refractivity contribution >= 4 is 17.2 Å². The van der Waals surface area contributed by atoms with Crippen molar-refractivity contribution in [2.75, 3.05) is 19.6 Å². The third-order valence-electron chi connectivity index (χ3n) is 4.53. The summed E-state index contributed by atoms with van der Waals surface area (Å²) in [6, 6.07) is 4.03. The highest BCUT2D eigenvalue weighted by Crippen LogP contribution is 2.29. The van der Waals surface area contributed by atoms with Gasteiger partial charge >= 0.3 is 0 Å². The molecule has 0 spiro atoms. The van der Waals surface area contributed by atoms with Crippen LogP contribution in [0.4, 0.5) is 0 Å². The van der Waals surface area contributed by atoms with E-state index >= 15 is 0 Å². The maximum absolute atomic E-state index is 12.1. The Morgan fingerprint density at radius 2 is 2.25 bits per heavy atom. The molecule has 3 rings (SSSR count). The van der Waals surface area contributed by atoms with Gasteiger partial charge in [-0.1, -0.05) is 13.0 Å². The third-order valence-corrected chi connectivity index (χ3v) is 5.39. The van der Waals surface area contributed by atoms with E-state index in [9.17, 15) is 4.79 Å². The maximum atomic E-state index is 12.1. The fourth-order valence-electron chi connectivity index (χ4n) is 3.00. The molecule has 0 bridgehead atoms. The van der Waals surface area contributed by atoms with Gasteiger partial charge in [0.2, 0.25) is 11.8 Å². The predicted octanol–water partition coefficient (Wildman–Crippen LogP) is 3.10. The highest BCUT2D eigenvalue weighted by atomic mass is 32.1. The molecule has 0 aromatic carbocycles. The molecule has 24 heavy (non-hydrogen) atoms. The van der Waals surface area contributed by atoms with Gasteiger partial charge in [0.05, 0.1) is 10.9 Å². The molecular weight excluding hydrogens is 324 g/mol. The Labute approximate surface area is 146 Å². The van der Waals surface area contributed by atoms with Crippen LogP contribution in [0.15, 0.2) is 21.9 Å². The number of thiophene rings is 1. The van der Waals surface area contributed by atoms with Crippen LogP contribution in [0.5, 0.6) is 0 Å². The Balaban J connectivity index is 1.55. The molecule has 0 saturated carbocycles. The van der Waals surface area contributed by atoms with E-state index in [0.29, 0.717) is 11.8 Å². The number of piperidine rings is 1. The van der Waals surface area contributed by atoms with Crippen molar-refractivity contribution in [3.8, 4) is 10.8 Å². The van der Waals surface area contributed by atoms with Crippen LogP contribution in [-0.2, 0) is 4.79 Å². The lowest BCUT2D eigenvalue weighted by atomic mass is 9.95. The quantitative estimate of drug-likeness (QED) is 0.868. The molecular formula is C17H24N4O2S. The van der Waals surface area contributed by atoms with Gasteiger partial charge in [0.15, 0.2) is 0 Å². The minimum Gasteiger partial charge on any atom is -0.418 e. The molecule has 1 aliphatic rings. The lowest BCUT2D eigenvalue weighted by Crippen LogP contribution is -2.41. The number of likely N-dealkylation sites (tertiary alicyclic amines) is 1. The van der Waals surface area contributed by atoms with Gasteiger partial charge in [-0.15, -0.1) is 21.5 Å². The fourth-order valence-corrected chi connectivity index (χ4v) is 3.65. The van der Waals surface area contributed by atoms with Gasteiger partial charge < -0.3 is 9.73 Å². The molecule has 2 aromatic rings. The predicted molar refractivity (Wildman–Crippen MR) is 93.6 cm³/mol. The van der Waals surface area contributed by atoms with Gasteiger partial charge in [0.1, 0.15) is 0 Å². The summed E-state index contributed by atoms with van der Waals surface area (Å²) in [6.45, 7) is 6.68. The monoisotopic (exact) mass is 348 g/mol. The van der Waals surface area contributed by atoms with E-state index in [2.05, 4.69) is 34.3 Å². The number of aromatic nitrogens is 2. The summed E-state index contributed by atoms with van der Waals surface area (Å²) in [5, 5.41) is 13.4. The largest absolute Gasteiger partial charge is 0.418 e. The maximum Gasteiger partial charge on any atom is 0.257 e. The molecule has 6 nitrogen and oxygen atoms in total. The van der Waals surface area contributed by atoms with Crippen molar-refractivity contribution in [2.45, 2.75) is 39.2 Å². The first-order valence-corrected chi connectivity index (χ1v) is 9.46. The first kappa shape index (κ1) is 17.1. The summed E-state index contributed by atoms with van der Waals surface area (Å²) >= 11 is 1.59. The zero-order chi connectivity index (χ0) is 16.9. The zero-order valence-electron chi connectivity index (χ0n) is 14.2. The number of rotatable bonds is 6. The topological polar surface area (TPSA) is 71.3 Å². The van der Waals surface area contributed by atoms with Gasteiger partial charge in [0.25, 0.3) is 5.89 Å². The third kappa shape index (κ3) is 3.84. The Bertz CT molecular complexity index is 647. The smallest absolute Gasteiger partial charge is 0.257 e. The number of hydrogen-bond donors (Lipinski definition) is 1. The van der Waals surface area contributed by atoms with E-state index in [-0.39, 0.29) is 17.9 Å². The van der Waals surface area contributed by atoms with Crippen LogP contribution in [0.3, 0.4) is 0 Å². The van der Waals surface area contributed by atoms with E-state index in [0.717, 1.165) is 43.8 Å². The van der Waals surface area contributed by atoms with Crippen molar-refractivity contribution in [3.05, 3.63) is 23.4 Å². The second-order valence-corrected chi connectivity index (χ2v) is 7.15. The number of nitrogens with one attached hydrogen (secondary N) is 1. The number of carbonyl (C=O) groups is 1. The minimum atomic E-state index is 0.0749. The Morgan fingerprint density at radius 3 is 2.92 bits per heavy atom. The average molecular weight is 348 g/mol. The van der Waals surface area contributed by atoms with E-state index in [1.807, 2.05) is 17.5 Å². The summed E-state index contributed by atoms with van der Waals surface area (Å²) in [7, 11) is 0. The highest BCUT2D eigenvalue weighted by molar-refractivity contribution is 7.13. The molecule has 3 heterocycles. The SMILES string of the molecule is CCCNC(=O)C1CCN(C(C)c2nnc(-c3cccs3)o2)CC1. The minimum absolute atomic E-state index is 0.0749. The van der Waals surface area contributed by atoms with Crippen molar-refractivity contribution in [2.24, 2.45) is 5.92 Å². The first-order valence-electron chi connectivity index (χ1n) is 8.58. The van der Waals surface area contributed by atoms with E-state index in [1.54, 1.807) is 11.3 Å². The lowest BCUT2D eigenvalue weighted by molar-refractivity contribution is -0.126. The lowest BCUT2D eigenvalue weighted by Gasteiger charge is -2.33. The summed E-state index contributed by atoms with van der Waals surface area (Å²) < 4.78 is 5.84. The van der Waals surface area contributed by atoms with Crippen molar-refractivity contribution in [1.29, 1.82) is 0 Å². The Hall–Kier alpha value is -1.73. The molecule has 1 aliphatic heterocycles. The molecule has 1 unspecified atom stereocenters. The molecule has 1 amide bonds. The van der Waals surface area contributed by atoms with Crippen molar-refractivity contribution in [1.82, 2.24) is 20.4 Å². The van der Waals surface area contributed by atoms with Gasteiger partial charge in [0, 0.05) is 12.5 Å². The van der Waals surface area contributed by atoms with Crippen molar-refractivity contribution in [3.63, 3.8) is 0 Å². The first-order chi connectivity index (χ1) is 11.7. The molecule has 1 fully saturated rings. The van der Waals surface area contributed by atoms with Crippen LogP contribution in [-0.4, -0.2) is 40.6 Å². The van der Waals surface area contributed by atoms with Crippen molar-refractivity contribution < 1.29 is 9.21 Å². The fraction of sp³-hybridized carbons (Fsp3) is 0.588. The Kier molecular flexibility index (Phi) is 5.63. The van der Waals surface area contributed by atoms with Gasteiger partial charge in [-0.25, -0.2) is 0 Å². The standard InChI is InChI=1S/C17H24N4O2S/c1-3-8-18-15(22)13-6-9-21(10-7-13)12(2)16-19-20-17(23-16)14-5-4-11-24-14/h4-5,11-13H,3,6-10H2,1-2H3,(H,18,22). The second kappa shape index (κ2) is 7.90. The Morgan fingerprint density at radius 1 is 1.46 bits per heavy atom. The van der Waals surface area contributed by atoms with Crippen LogP contribution in [0.1, 0.15) is 45.0 Å². The normalized spacial score (nSPS) is 17.8. The van der Waals surface area contributed by atoms with Crippen LogP contribution in [0.25, 0.3) is 10.8 Å². The van der Waals surface area contributed by atoms with E-state index in [1.165, 1.54) is 0 Å². The molecule has 0 radical (unpaired) electrons. The number of nitrogens with zero attached hydrogens (tertiary/aromatic N) is 3. The summed E-state index contributed by atoms with van der Waals surface area (Å²) in [4.78, 5) is 15.4. The molecule has 0 aliphatic carbocycles. The molecule has 130 valence electrons. The summed E-state index contributed by atoms with van der Waals surface area (Å²) in [6.07, 6.45) is 2.74. The van der Waals surface area contributed by atoms with Crippen LogP contribution in [0.2, 0.25) is 0 Å². The van der Waals surface area contributed by atoms with Crippen LogP contribution in [0, 0.1) is 5.92 Å². The average Bonchev–Trinajstić information content (AvgIpc) is 3.30. The molecule has 1 atom stereocenters. The van der Waals surface area contributed by atoms with E-state index in [4.69, 9.17) is 4.42 Å². The summed E-state index contributed by atoms with van der Waals surface area (Å²) in [5.41, 5.74) is 0. The number of carbonyl (C=O) groups excluding carboxylic acids is 1. The molecule has 7 heteroatoms. The van der Waals surface area contributed by atoms with Gasteiger partial charge in [-0.3, -0.25) is 9.69 Å². The van der Waals surface area contributed by atoms with Crippen LogP contribution >= 0.6 is 11.3 Å². The van der Waals surface area contributed by atoms with E-state index < -0.39 is 0 Å². The molecule has 2 aromatic heterocycles. The second-order valence-electron chi connectivity index (χ2n) is 6.20. The number of hydrogen-bond acceptors (Lipinski definition) is 6. The van der Waals surface area contributed by atoms with Gasteiger partial charge in [-0.05, 0) is 50.7 Å². The molecule has 1 N–H and O–H groups in total. The molecule has 1 saturated heterocycles. The highest BCUT2D eigenvalue weighted by Gasteiger charge is 2.29.